The molecule has 0 bridgehead atoms. The molecule has 0 fully saturated rings. The molecule has 1 aromatic heterocycles. The van der Waals surface area contributed by atoms with Gasteiger partial charge in [-0.05, 0) is 26.5 Å². The van der Waals surface area contributed by atoms with Crippen LogP contribution in [0.15, 0.2) is 0 Å². The van der Waals surface area contributed by atoms with Crippen LogP contribution in [-0.4, -0.2) is 94.7 Å². The van der Waals surface area contributed by atoms with Gasteiger partial charge in [-0.25, -0.2) is 9.59 Å². The second kappa shape index (κ2) is 13.3. The molecule has 0 unspecified atom stereocenters. The molecule has 1 amide bonds. The van der Waals surface area contributed by atoms with Gasteiger partial charge >= 0.3 is 11.9 Å². The van der Waals surface area contributed by atoms with E-state index in [0.717, 1.165) is 11.3 Å². The number of esters is 2. The van der Waals surface area contributed by atoms with Crippen LogP contribution < -0.4 is 5.32 Å². The van der Waals surface area contributed by atoms with Gasteiger partial charge in [-0.3, -0.25) is 9.69 Å². The Kier molecular flexibility index (Phi) is 11.5. The highest BCUT2D eigenvalue weighted by atomic mass is 32.1. The molecule has 0 saturated heterocycles. The number of hydrogen-bond donors (Lipinski definition) is 2. The minimum Gasteiger partial charge on any atom is -0.462 e. The molecule has 0 aromatic carbocycles. The van der Waals surface area contributed by atoms with Gasteiger partial charge in [0, 0.05) is 20.8 Å². The zero-order chi connectivity index (χ0) is 22.7. The van der Waals surface area contributed by atoms with E-state index >= 15 is 0 Å². The Morgan fingerprint density at radius 3 is 2.43 bits per heavy atom. The summed E-state index contributed by atoms with van der Waals surface area (Å²) in [7, 11) is 4.63. The number of methoxy groups -OCH3 is 2. The van der Waals surface area contributed by atoms with E-state index in [9.17, 15) is 19.5 Å². The average Bonchev–Trinajstić information content (AvgIpc) is 2.97. The number of nitrogens with zero attached hydrogens (tertiary/aromatic N) is 1. The van der Waals surface area contributed by atoms with Crippen LogP contribution in [-0.2, 0) is 23.7 Å². The number of thiophene rings is 1. The van der Waals surface area contributed by atoms with Crippen LogP contribution in [0.1, 0.15) is 32.5 Å². The zero-order valence-electron chi connectivity index (χ0n) is 18.0. The Bertz CT molecular complexity index is 722. The molecule has 0 aliphatic carbocycles. The summed E-state index contributed by atoms with van der Waals surface area (Å²) < 4.78 is 19.9. The Morgan fingerprint density at radius 2 is 1.83 bits per heavy atom. The highest BCUT2D eigenvalue weighted by Crippen LogP contribution is 2.34. The number of aliphatic hydroxyl groups excluding tert-OH is 1. The number of carbonyl (C=O) groups is 3. The highest BCUT2D eigenvalue weighted by molar-refractivity contribution is 7.18. The van der Waals surface area contributed by atoms with Crippen LogP contribution in [0.4, 0.5) is 5.00 Å². The van der Waals surface area contributed by atoms with E-state index in [4.69, 9.17) is 18.9 Å². The van der Waals surface area contributed by atoms with Gasteiger partial charge in [0.2, 0.25) is 5.91 Å². The Hall–Kier alpha value is -2.05. The molecule has 0 spiro atoms. The summed E-state index contributed by atoms with van der Waals surface area (Å²) in [6.45, 7) is 4.06. The lowest BCUT2D eigenvalue weighted by molar-refractivity contribution is -0.117. The Balaban J connectivity index is 2.97. The first kappa shape index (κ1) is 26.0. The second-order valence-electron chi connectivity index (χ2n) is 6.46. The van der Waals surface area contributed by atoms with Crippen molar-refractivity contribution in [2.24, 2.45) is 0 Å². The molecule has 1 rings (SSSR count). The normalized spacial score (nSPS) is 12.0. The van der Waals surface area contributed by atoms with Crippen molar-refractivity contribution in [2.75, 3.05) is 66.1 Å². The van der Waals surface area contributed by atoms with E-state index in [2.05, 4.69) is 5.32 Å². The minimum absolute atomic E-state index is 0.0341. The fourth-order valence-electron chi connectivity index (χ4n) is 2.61. The number of likely N-dealkylation sites (N-methyl/N-ethyl adjacent to an activating group) is 1. The molecular weight excluding hydrogens is 416 g/mol. The largest absolute Gasteiger partial charge is 0.462 e. The van der Waals surface area contributed by atoms with Gasteiger partial charge in [-0.15, -0.1) is 11.3 Å². The van der Waals surface area contributed by atoms with E-state index in [-0.39, 0.29) is 55.0 Å². The topological polar surface area (TPSA) is 124 Å². The van der Waals surface area contributed by atoms with Crippen LogP contribution in [0.5, 0.6) is 0 Å². The third-order valence-electron chi connectivity index (χ3n) is 3.88. The fraction of sp³-hybridized carbons (Fsp3) is 0.632. The lowest BCUT2D eigenvalue weighted by Gasteiger charge is -2.19. The fourth-order valence-corrected chi connectivity index (χ4v) is 3.71. The lowest BCUT2D eigenvalue weighted by Crippen LogP contribution is -2.37. The molecule has 1 aromatic rings. The first-order valence-corrected chi connectivity index (χ1v) is 10.2. The van der Waals surface area contributed by atoms with Gasteiger partial charge in [-0.2, -0.15) is 0 Å². The summed E-state index contributed by atoms with van der Waals surface area (Å²) >= 11 is 0.948. The first-order chi connectivity index (χ1) is 14.2. The maximum absolute atomic E-state index is 12.5. The number of amides is 1. The van der Waals surface area contributed by atoms with Crippen molar-refractivity contribution in [2.45, 2.75) is 20.0 Å². The van der Waals surface area contributed by atoms with Gasteiger partial charge < -0.3 is 29.4 Å². The van der Waals surface area contributed by atoms with Crippen molar-refractivity contribution < 1.29 is 38.4 Å². The maximum Gasteiger partial charge on any atom is 0.348 e. The molecule has 0 saturated carbocycles. The van der Waals surface area contributed by atoms with Crippen molar-refractivity contribution >= 4 is 34.2 Å². The molecular formula is C19H30N2O8S. The summed E-state index contributed by atoms with van der Waals surface area (Å²) in [6.07, 6.45) is -0.736. The predicted molar refractivity (Wildman–Crippen MR) is 111 cm³/mol. The van der Waals surface area contributed by atoms with Crippen LogP contribution in [0.2, 0.25) is 0 Å². The number of nitrogens with one attached hydrogen (secondary N) is 1. The molecule has 0 aliphatic rings. The summed E-state index contributed by atoms with van der Waals surface area (Å²) in [6, 6.07) is 0. The molecule has 170 valence electrons. The average molecular weight is 447 g/mol. The van der Waals surface area contributed by atoms with Crippen LogP contribution in [0, 0.1) is 6.92 Å². The van der Waals surface area contributed by atoms with Crippen molar-refractivity contribution in [1.82, 2.24) is 4.90 Å². The number of hydrogen-bond acceptors (Lipinski definition) is 10. The van der Waals surface area contributed by atoms with Crippen LogP contribution in [0.25, 0.3) is 0 Å². The Labute approximate surface area is 180 Å². The first-order valence-electron chi connectivity index (χ1n) is 9.37. The zero-order valence-corrected chi connectivity index (χ0v) is 18.8. The van der Waals surface area contributed by atoms with Crippen LogP contribution >= 0.6 is 11.3 Å². The molecule has 30 heavy (non-hydrogen) atoms. The maximum atomic E-state index is 12.5. The minimum atomic E-state index is -0.736. The standard InChI is InChI=1S/C19H30N2O8S/c1-6-28-18(24)15-12(2)16(19(25)29-8-7-26-4)30-17(15)20-14(23)10-21(3)9-13(22)11-27-5/h13,22H,6-11H2,1-5H3,(H,20,23)/t13-/m0/s1. The summed E-state index contributed by atoms with van der Waals surface area (Å²) in [5, 5.41) is 12.6. The SMILES string of the molecule is CCOC(=O)c1c(NC(=O)CN(C)C[C@H](O)COC)sc(C(=O)OCCOC)c1C. The number of anilines is 1. The van der Waals surface area contributed by atoms with Crippen molar-refractivity contribution in [3.8, 4) is 0 Å². The van der Waals surface area contributed by atoms with Gasteiger partial charge in [-0.1, -0.05) is 0 Å². The van der Waals surface area contributed by atoms with Crippen LogP contribution in [0.3, 0.4) is 0 Å². The van der Waals surface area contributed by atoms with Gasteiger partial charge in [0.25, 0.3) is 0 Å². The summed E-state index contributed by atoms with van der Waals surface area (Å²) in [5.74, 6) is -1.66. The molecule has 1 heterocycles. The molecule has 0 aliphatic heterocycles. The summed E-state index contributed by atoms with van der Waals surface area (Å²) in [4.78, 5) is 39.0. The number of ether oxygens (including phenoxy) is 4. The van der Waals surface area contributed by atoms with E-state index in [0.29, 0.717) is 5.56 Å². The van der Waals surface area contributed by atoms with Crippen molar-refractivity contribution in [1.29, 1.82) is 0 Å². The lowest BCUT2D eigenvalue weighted by atomic mass is 10.1. The summed E-state index contributed by atoms with van der Waals surface area (Å²) in [5.41, 5.74) is 0.496. The predicted octanol–water partition coefficient (Wildman–Crippen LogP) is 0.914. The van der Waals surface area contributed by atoms with Gasteiger partial charge in [0.15, 0.2) is 0 Å². The van der Waals surface area contributed by atoms with Gasteiger partial charge in [0.1, 0.15) is 16.5 Å². The van der Waals surface area contributed by atoms with Crippen molar-refractivity contribution in [3.63, 3.8) is 0 Å². The van der Waals surface area contributed by atoms with E-state index < -0.39 is 23.9 Å². The smallest absolute Gasteiger partial charge is 0.348 e. The number of aliphatic hydroxyl groups is 1. The van der Waals surface area contributed by atoms with E-state index in [1.165, 1.54) is 14.2 Å². The molecule has 2 N–H and O–H groups in total. The molecule has 1 atom stereocenters. The van der Waals surface area contributed by atoms with Crippen molar-refractivity contribution in [3.05, 3.63) is 16.0 Å². The monoisotopic (exact) mass is 446 g/mol. The number of carbonyl (C=O) groups excluding carboxylic acids is 3. The molecule has 10 nitrogen and oxygen atoms in total. The highest BCUT2D eigenvalue weighted by Gasteiger charge is 2.27. The molecule has 11 heteroatoms. The quantitative estimate of drug-likeness (QED) is 0.336. The third-order valence-corrected chi connectivity index (χ3v) is 5.07. The van der Waals surface area contributed by atoms with Gasteiger partial charge in [0.05, 0.1) is 38.0 Å². The number of rotatable bonds is 13. The van der Waals surface area contributed by atoms with E-state index in [1.54, 1.807) is 25.8 Å². The second-order valence-corrected chi connectivity index (χ2v) is 7.48. The Morgan fingerprint density at radius 1 is 1.13 bits per heavy atom. The van der Waals surface area contributed by atoms with E-state index in [1.807, 2.05) is 0 Å². The molecule has 0 radical (unpaired) electrons. The third kappa shape index (κ3) is 8.00.